The van der Waals surface area contributed by atoms with E-state index in [0.29, 0.717) is 13.0 Å². The van der Waals surface area contributed by atoms with Crippen molar-refractivity contribution in [2.24, 2.45) is 5.73 Å². The highest BCUT2D eigenvalue weighted by Crippen LogP contribution is 2.42. The molecule has 1 aliphatic rings. The number of nitrogens with one attached hydrogen (secondary N) is 1. The highest BCUT2D eigenvalue weighted by Gasteiger charge is 2.36. The van der Waals surface area contributed by atoms with Crippen molar-refractivity contribution in [2.45, 2.75) is 36.5 Å². The Hall–Kier alpha value is -1.20. The Bertz CT molecular complexity index is 452. The molecule has 20 heavy (non-hydrogen) atoms. The van der Waals surface area contributed by atoms with Crippen molar-refractivity contribution < 1.29 is 9.90 Å². The van der Waals surface area contributed by atoms with E-state index in [1.165, 1.54) is 19.3 Å². The van der Waals surface area contributed by atoms with Crippen molar-refractivity contribution in [1.29, 1.82) is 0 Å². The quantitative estimate of drug-likeness (QED) is 0.746. The first kappa shape index (κ1) is 15.2. The van der Waals surface area contributed by atoms with Crippen LogP contribution in [0.5, 0.6) is 5.75 Å². The predicted molar refractivity (Wildman–Crippen MR) is 82.9 cm³/mol. The van der Waals surface area contributed by atoms with Crippen molar-refractivity contribution in [3.05, 3.63) is 29.8 Å². The molecule has 0 heterocycles. The van der Waals surface area contributed by atoms with Crippen LogP contribution in [0.2, 0.25) is 0 Å². The molecule has 0 bridgehead atoms. The van der Waals surface area contributed by atoms with E-state index in [-0.39, 0.29) is 16.4 Å². The number of rotatable bonds is 6. The Morgan fingerprint density at radius 1 is 1.45 bits per heavy atom. The fourth-order valence-corrected chi connectivity index (χ4v) is 3.30. The van der Waals surface area contributed by atoms with E-state index in [1.807, 2.05) is 11.8 Å². The van der Waals surface area contributed by atoms with Crippen molar-refractivity contribution in [2.75, 3.05) is 12.8 Å². The van der Waals surface area contributed by atoms with Crippen LogP contribution in [0.15, 0.2) is 24.3 Å². The first-order chi connectivity index (χ1) is 9.54. The molecule has 0 spiro atoms. The fraction of sp³-hybridized carbons (Fsp3) is 0.533. The van der Waals surface area contributed by atoms with Gasteiger partial charge >= 0.3 is 0 Å². The van der Waals surface area contributed by atoms with Gasteiger partial charge in [0.1, 0.15) is 5.75 Å². The SMILES string of the molecule is CSC1(CNC(=O)C(N)Cc2ccc(O)cc2)CCC1. The minimum atomic E-state index is -0.543. The molecular weight excluding hydrogens is 272 g/mol. The number of amides is 1. The third-order valence-electron chi connectivity index (χ3n) is 4.01. The molecule has 1 fully saturated rings. The monoisotopic (exact) mass is 294 g/mol. The lowest BCUT2D eigenvalue weighted by atomic mass is 9.84. The number of carbonyl (C=O) groups is 1. The van der Waals surface area contributed by atoms with Gasteiger partial charge in [-0.05, 0) is 43.2 Å². The van der Waals surface area contributed by atoms with E-state index in [9.17, 15) is 9.90 Å². The Kier molecular flexibility index (Phi) is 4.94. The van der Waals surface area contributed by atoms with E-state index in [0.717, 1.165) is 5.56 Å². The largest absolute Gasteiger partial charge is 0.508 e. The molecule has 0 saturated heterocycles. The van der Waals surface area contributed by atoms with E-state index >= 15 is 0 Å². The van der Waals surface area contributed by atoms with Crippen LogP contribution in [0, 0.1) is 0 Å². The van der Waals surface area contributed by atoms with Crippen LogP contribution in [-0.2, 0) is 11.2 Å². The highest BCUT2D eigenvalue weighted by atomic mass is 32.2. The summed E-state index contributed by atoms with van der Waals surface area (Å²) in [6, 6.07) is 6.25. The van der Waals surface area contributed by atoms with Gasteiger partial charge in [0, 0.05) is 11.3 Å². The van der Waals surface area contributed by atoms with Gasteiger partial charge in [-0.1, -0.05) is 18.6 Å². The molecule has 4 N–H and O–H groups in total. The second-order valence-electron chi connectivity index (χ2n) is 5.44. The van der Waals surface area contributed by atoms with Crippen LogP contribution in [0.1, 0.15) is 24.8 Å². The maximum Gasteiger partial charge on any atom is 0.237 e. The average Bonchev–Trinajstić information content (AvgIpc) is 2.40. The number of carbonyl (C=O) groups excluding carboxylic acids is 1. The number of nitrogens with two attached hydrogens (primary N) is 1. The molecule has 0 aliphatic heterocycles. The second-order valence-corrected chi connectivity index (χ2v) is 6.71. The Morgan fingerprint density at radius 2 is 2.10 bits per heavy atom. The number of phenolic OH excluding ortho intramolecular Hbond substituents is 1. The number of phenols is 1. The standard InChI is InChI=1S/C15H22N2O2S/c1-20-15(7-2-8-15)10-17-14(19)13(16)9-11-3-5-12(18)6-4-11/h3-6,13,18H,2,7-10,16H2,1H3,(H,17,19). The molecule has 1 aliphatic carbocycles. The van der Waals surface area contributed by atoms with Crippen LogP contribution >= 0.6 is 11.8 Å². The fourth-order valence-electron chi connectivity index (χ4n) is 2.38. The minimum absolute atomic E-state index is 0.0987. The first-order valence-electron chi connectivity index (χ1n) is 6.91. The van der Waals surface area contributed by atoms with Gasteiger partial charge in [-0.15, -0.1) is 0 Å². The molecule has 4 nitrogen and oxygen atoms in total. The summed E-state index contributed by atoms with van der Waals surface area (Å²) in [4.78, 5) is 12.0. The molecular formula is C15H22N2O2S. The Morgan fingerprint density at radius 3 is 2.60 bits per heavy atom. The molecule has 0 aromatic heterocycles. The lowest BCUT2D eigenvalue weighted by Gasteiger charge is -2.40. The molecule has 1 saturated carbocycles. The summed E-state index contributed by atoms with van der Waals surface area (Å²) in [5, 5.41) is 12.2. The first-order valence-corrected chi connectivity index (χ1v) is 8.13. The average molecular weight is 294 g/mol. The molecule has 5 heteroatoms. The highest BCUT2D eigenvalue weighted by molar-refractivity contribution is 8.00. The van der Waals surface area contributed by atoms with Crippen molar-refractivity contribution in [3.8, 4) is 5.75 Å². The normalized spacial score (nSPS) is 18.1. The lowest BCUT2D eigenvalue weighted by molar-refractivity contribution is -0.122. The summed E-state index contributed by atoms with van der Waals surface area (Å²) < 4.78 is 0.230. The molecule has 1 atom stereocenters. The van der Waals surface area contributed by atoms with Crippen LogP contribution in [-0.4, -0.2) is 34.6 Å². The van der Waals surface area contributed by atoms with Crippen LogP contribution in [0.3, 0.4) is 0 Å². The number of hydrogen-bond acceptors (Lipinski definition) is 4. The number of hydrogen-bond donors (Lipinski definition) is 3. The van der Waals surface area contributed by atoms with E-state index in [4.69, 9.17) is 5.73 Å². The lowest BCUT2D eigenvalue weighted by Crippen LogP contribution is -2.50. The van der Waals surface area contributed by atoms with Gasteiger partial charge in [-0.2, -0.15) is 11.8 Å². The number of aromatic hydroxyl groups is 1. The smallest absolute Gasteiger partial charge is 0.237 e. The maximum absolute atomic E-state index is 12.0. The molecule has 110 valence electrons. The van der Waals surface area contributed by atoms with Crippen LogP contribution in [0.4, 0.5) is 0 Å². The third kappa shape index (κ3) is 3.67. The van der Waals surface area contributed by atoms with E-state index < -0.39 is 6.04 Å². The third-order valence-corrected chi connectivity index (χ3v) is 5.43. The van der Waals surface area contributed by atoms with Crippen molar-refractivity contribution in [1.82, 2.24) is 5.32 Å². The van der Waals surface area contributed by atoms with Gasteiger partial charge in [0.25, 0.3) is 0 Å². The topological polar surface area (TPSA) is 75.4 Å². The van der Waals surface area contributed by atoms with Crippen LogP contribution in [0.25, 0.3) is 0 Å². The molecule has 1 aromatic carbocycles. The minimum Gasteiger partial charge on any atom is -0.508 e. The Labute approximate surface area is 124 Å². The van der Waals surface area contributed by atoms with E-state index in [2.05, 4.69) is 11.6 Å². The zero-order chi connectivity index (χ0) is 14.6. The van der Waals surface area contributed by atoms with Gasteiger partial charge in [0.15, 0.2) is 0 Å². The van der Waals surface area contributed by atoms with Gasteiger partial charge in [0.2, 0.25) is 5.91 Å². The zero-order valence-corrected chi connectivity index (χ0v) is 12.6. The van der Waals surface area contributed by atoms with Gasteiger partial charge in [0.05, 0.1) is 6.04 Å². The summed E-state index contributed by atoms with van der Waals surface area (Å²) in [6.45, 7) is 0.705. The van der Waals surface area contributed by atoms with Gasteiger partial charge in [-0.3, -0.25) is 4.79 Å². The van der Waals surface area contributed by atoms with Gasteiger partial charge in [-0.25, -0.2) is 0 Å². The number of benzene rings is 1. The maximum atomic E-state index is 12.0. The summed E-state index contributed by atoms with van der Waals surface area (Å²) in [6.07, 6.45) is 6.17. The summed E-state index contributed by atoms with van der Waals surface area (Å²) in [5.74, 6) is 0.122. The van der Waals surface area contributed by atoms with E-state index in [1.54, 1.807) is 24.3 Å². The van der Waals surface area contributed by atoms with Crippen LogP contribution < -0.4 is 11.1 Å². The molecule has 2 rings (SSSR count). The number of thioether (sulfide) groups is 1. The molecule has 1 unspecified atom stereocenters. The van der Waals surface area contributed by atoms with Crippen molar-refractivity contribution in [3.63, 3.8) is 0 Å². The Balaban J connectivity index is 1.81. The molecule has 1 aromatic rings. The van der Waals surface area contributed by atoms with Crippen molar-refractivity contribution >= 4 is 17.7 Å². The van der Waals surface area contributed by atoms with Gasteiger partial charge < -0.3 is 16.2 Å². The second kappa shape index (κ2) is 6.50. The summed E-state index contributed by atoms with van der Waals surface area (Å²) in [7, 11) is 0. The molecule has 1 amide bonds. The summed E-state index contributed by atoms with van der Waals surface area (Å²) in [5.41, 5.74) is 6.89. The predicted octanol–water partition coefficient (Wildman–Crippen LogP) is 1.66. The zero-order valence-electron chi connectivity index (χ0n) is 11.8. The summed E-state index contributed by atoms with van der Waals surface area (Å²) >= 11 is 1.83. The molecule has 0 radical (unpaired) electrons.